The van der Waals surface area contributed by atoms with Gasteiger partial charge in [-0.2, -0.15) is 0 Å². The third-order valence-corrected chi connectivity index (χ3v) is 3.88. The lowest BCUT2D eigenvalue weighted by molar-refractivity contribution is 0.104. The SMILES string of the molecule is Nc1ncccc1Nc1ccc(C(=O)c2cccs2)cc1. The molecular formula is C16H13N3OS. The first-order valence-electron chi connectivity index (χ1n) is 6.40. The molecule has 0 radical (unpaired) electrons. The molecule has 0 aliphatic rings. The van der Waals surface area contributed by atoms with Crippen molar-refractivity contribution in [1.29, 1.82) is 0 Å². The second kappa shape index (κ2) is 5.76. The molecule has 3 aromatic rings. The molecule has 4 nitrogen and oxygen atoms in total. The fourth-order valence-corrected chi connectivity index (χ4v) is 2.62. The van der Waals surface area contributed by atoms with Crippen molar-refractivity contribution in [3.05, 3.63) is 70.5 Å². The normalized spacial score (nSPS) is 10.3. The molecule has 0 aliphatic carbocycles. The Morgan fingerprint density at radius 1 is 1.10 bits per heavy atom. The summed E-state index contributed by atoms with van der Waals surface area (Å²) in [5.41, 5.74) is 8.06. The fourth-order valence-electron chi connectivity index (χ4n) is 1.93. The van der Waals surface area contributed by atoms with Gasteiger partial charge in [0, 0.05) is 17.4 Å². The van der Waals surface area contributed by atoms with Gasteiger partial charge in [-0.15, -0.1) is 11.3 Å². The Hall–Kier alpha value is -2.66. The van der Waals surface area contributed by atoms with Crippen LogP contribution in [-0.4, -0.2) is 10.8 Å². The third kappa shape index (κ3) is 2.93. The van der Waals surface area contributed by atoms with E-state index in [9.17, 15) is 4.79 Å². The highest BCUT2D eigenvalue weighted by Gasteiger charge is 2.09. The van der Waals surface area contributed by atoms with E-state index in [1.165, 1.54) is 11.3 Å². The molecular weight excluding hydrogens is 282 g/mol. The minimum Gasteiger partial charge on any atom is -0.382 e. The third-order valence-electron chi connectivity index (χ3n) is 3.01. The van der Waals surface area contributed by atoms with Crippen molar-refractivity contribution in [3.63, 3.8) is 0 Å². The lowest BCUT2D eigenvalue weighted by atomic mass is 10.1. The average Bonchev–Trinajstić information content (AvgIpc) is 3.04. The highest BCUT2D eigenvalue weighted by Crippen LogP contribution is 2.22. The van der Waals surface area contributed by atoms with Crippen molar-refractivity contribution in [1.82, 2.24) is 4.98 Å². The van der Waals surface area contributed by atoms with E-state index in [0.29, 0.717) is 11.4 Å². The van der Waals surface area contributed by atoms with E-state index in [0.717, 1.165) is 16.3 Å². The molecule has 0 spiro atoms. The standard InChI is InChI=1S/C16H13N3OS/c17-16-13(3-1-9-18-16)19-12-7-5-11(6-8-12)15(20)14-4-2-10-21-14/h1-10,19H,(H2,17,18). The number of nitrogen functional groups attached to an aromatic ring is 1. The molecule has 0 unspecified atom stereocenters. The molecule has 3 rings (SSSR count). The van der Waals surface area contributed by atoms with Crippen molar-refractivity contribution in [2.24, 2.45) is 0 Å². The first kappa shape index (κ1) is 13.3. The molecule has 0 bridgehead atoms. The molecule has 0 saturated carbocycles. The molecule has 0 aliphatic heterocycles. The van der Waals surface area contributed by atoms with Gasteiger partial charge in [-0.3, -0.25) is 4.79 Å². The van der Waals surface area contributed by atoms with E-state index >= 15 is 0 Å². The van der Waals surface area contributed by atoms with E-state index in [4.69, 9.17) is 5.73 Å². The zero-order valence-electron chi connectivity index (χ0n) is 11.1. The van der Waals surface area contributed by atoms with E-state index < -0.39 is 0 Å². The number of aromatic nitrogens is 1. The summed E-state index contributed by atoms with van der Waals surface area (Å²) in [6.45, 7) is 0. The fraction of sp³-hybridized carbons (Fsp3) is 0. The van der Waals surface area contributed by atoms with Crippen molar-refractivity contribution in [3.8, 4) is 0 Å². The topological polar surface area (TPSA) is 68.0 Å². The van der Waals surface area contributed by atoms with E-state index in [1.807, 2.05) is 41.8 Å². The number of nitrogens with two attached hydrogens (primary N) is 1. The summed E-state index contributed by atoms with van der Waals surface area (Å²) in [4.78, 5) is 17.0. The Kier molecular flexibility index (Phi) is 3.66. The molecule has 0 amide bonds. The van der Waals surface area contributed by atoms with Crippen molar-refractivity contribution in [2.45, 2.75) is 0 Å². The van der Waals surface area contributed by atoms with Crippen LogP contribution in [0.15, 0.2) is 60.1 Å². The minimum absolute atomic E-state index is 0.0393. The van der Waals surface area contributed by atoms with Gasteiger partial charge in [-0.05, 0) is 47.8 Å². The van der Waals surface area contributed by atoms with Gasteiger partial charge in [0.25, 0.3) is 0 Å². The maximum Gasteiger partial charge on any atom is 0.202 e. The summed E-state index contributed by atoms with van der Waals surface area (Å²) in [5, 5.41) is 5.07. The number of hydrogen-bond donors (Lipinski definition) is 2. The van der Waals surface area contributed by atoms with Gasteiger partial charge < -0.3 is 11.1 Å². The van der Waals surface area contributed by atoms with Gasteiger partial charge >= 0.3 is 0 Å². The summed E-state index contributed by atoms with van der Waals surface area (Å²) in [5.74, 6) is 0.480. The van der Waals surface area contributed by atoms with Gasteiger partial charge in [0.15, 0.2) is 0 Å². The minimum atomic E-state index is 0.0393. The largest absolute Gasteiger partial charge is 0.382 e. The van der Waals surface area contributed by atoms with Crippen LogP contribution in [0.5, 0.6) is 0 Å². The number of hydrogen-bond acceptors (Lipinski definition) is 5. The predicted molar refractivity (Wildman–Crippen MR) is 86.1 cm³/mol. The zero-order valence-corrected chi connectivity index (χ0v) is 11.9. The zero-order chi connectivity index (χ0) is 14.7. The van der Waals surface area contributed by atoms with E-state index in [-0.39, 0.29) is 5.78 Å². The van der Waals surface area contributed by atoms with Gasteiger partial charge in [0.2, 0.25) is 5.78 Å². The number of nitrogens with one attached hydrogen (secondary N) is 1. The lowest BCUT2D eigenvalue weighted by Gasteiger charge is -2.08. The lowest BCUT2D eigenvalue weighted by Crippen LogP contribution is -2.00. The first-order chi connectivity index (χ1) is 10.2. The predicted octanol–water partition coefficient (Wildman–Crippen LogP) is 3.70. The molecule has 2 aromatic heterocycles. The number of thiophene rings is 1. The van der Waals surface area contributed by atoms with Crippen LogP contribution in [0, 0.1) is 0 Å². The molecule has 3 N–H and O–H groups in total. The summed E-state index contributed by atoms with van der Waals surface area (Å²) in [7, 11) is 0. The monoisotopic (exact) mass is 295 g/mol. The quantitative estimate of drug-likeness (QED) is 0.720. The van der Waals surface area contributed by atoms with Crippen LogP contribution in [0.4, 0.5) is 17.2 Å². The van der Waals surface area contributed by atoms with Crippen LogP contribution in [0.25, 0.3) is 0 Å². The summed E-state index contributed by atoms with van der Waals surface area (Å²) in [6.07, 6.45) is 1.64. The molecule has 0 fully saturated rings. The highest BCUT2D eigenvalue weighted by molar-refractivity contribution is 7.12. The van der Waals surface area contributed by atoms with Crippen molar-refractivity contribution < 1.29 is 4.79 Å². The number of pyridine rings is 1. The second-order valence-electron chi connectivity index (χ2n) is 4.44. The van der Waals surface area contributed by atoms with Crippen LogP contribution in [0.3, 0.4) is 0 Å². The summed E-state index contributed by atoms with van der Waals surface area (Å²) >= 11 is 1.44. The smallest absolute Gasteiger partial charge is 0.202 e. The van der Waals surface area contributed by atoms with Crippen LogP contribution >= 0.6 is 11.3 Å². The first-order valence-corrected chi connectivity index (χ1v) is 7.28. The molecule has 1 aromatic carbocycles. The number of carbonyl (C=O) groups excluding carboxylic acids is 1. The molecule has 5 heteroatoms. The van der Waals surface area contributed by atoms with Crippen LogP contribution in [0.2, 0.25) is 0 Å². The van der Waals surface area contributed by atoms with Gasteiger partial charge in [-0.1, -0.05) is 6.07 Å². The maximum absolute atomic E-state index is 12.2. The Labute approximate surface area is 126 Å². The van der Waals surface area contributed by atoms with Crippen molar-refractivity contribution >= 4 is 34.3 Å². The Morgan fingerprint density at radius 2 is 1.90 bits per heavy atom. The Morgan fingerprint density at radius 3 is 2.57 bits per heavy atom. The maximum atomic E-state index is 12.2. The number of nitrogens with zero attached hydrogens (tertiary/aromatic N) is 1. The highest BCUT2D eigenvalue weighted by atomic mass is 32.1. The molecule has 104 valence electrons. The summed E-state index contributed by atoms with van der Waals surface area (Å²) < 4.78 is 0. The number of ketones is 1. The van der Waals surface area contributed by atoms with Gasteiger partial charge in [-0.25, -0.2) is 4.98 Å². The van der Waals surface area contributed by atoms with Crippen LogP contribution in [0.1, 0.15) is 15.2 Å². The number of anilines is 3. The van der Waals surface area contributed by atoms with Gasteiger partial charge in [0.1, 0.15) is 5.82 Å². The second-order valence-corrected chi connectivity index (χ2v) is 5.39. The van der Waals surface area contributed by atoms with Crippen molar-refractivity contribution in [2.75, 3.05) is 11.1 Å². The molecule has 0 atom stereocenters. The average molecular weight is 295 g/mol. The van der Waals surface area contributed by atoms with Gasteiger partial charge in [0.05, 0.1) is 10.6 Å². The molecule has 0 saturated heterocycles. The Balaban J connectivity index is 1.79. The van der Waals surface area contributed by atoms with Crippen LogP contribution in [-0.2, 0) is 0 Å². The molecule has 21 heavy (non-hydrogen) atoms. The van der Waals surface area contributed by atoms with E-state index in [1.54, 1.807) is 18.3 Å². The number of rotatable bonds is 4. The number of carbonyl (C=O) groups is 1. The Bertz CT molecular complexity index is 751. The summed E-state index contributed by atoms with van der Waals surface area (Å²) in [6, 6.07) is 14.7. The van der Waals surface area contributed by atoms with Crippen LogP contribution < -0.4 is 11.1 Å². The number of benzene rings is 1. The molecule has 2 heterocycles. The van der Waals surface area contributed by atoms with E-state index in [2.05, 4.69) is 10.3 Å².